The Bertz CT molecular complexity index is 656. The Morgan fingerprint density at radius 1 is 1.26 bits per heavy atom. The number of hydrogen-bond acceptors (Lipinski definition) is 5. The number of guanidine groups is 1. The summed E-state index contributed by atoms with van der Waals surface area (Å²) in [6.45, 7) is 5.68. The highest BCUT2D eigenvalue weighted by Crippen LogP contribution is 2.15. The second-order valence-corrected chi connectivity index (χ2v) is 6.44. The SMILES string of the molecule is CCCN=C(NCCc1ccco1)NC1CCN(c2ncccn2)CC1.I. The van der Waals surface area contributed by atoms with Crippen LogP contribution in [0.15, 0.2) is 46.3 Å². The summed E-state index contributed by atoms with van der Waals surface area (Å²) in [7, 11) is 0. The average Bonchev–Trinajstić information content (AvgIpc) is 3.21. The first kappa shape index (κ1) is 21.5. The number of hydrogen-bond donors (Lipinski definition) is 2. The molecule has 0 spiro atoms. The van der Waals surface area contributed by atoms with Crippen LogP contribution >= 0.6 is 24.0 Å². The number of aromatic nitrogens is 2. The van der Waals surface area contributed by atoms with Crippen molar-refractivity contribution in [1.82, 2.24) is 20.6 Å². The van der Waals surface area contributed by atoms with Gasteiger partial charge in [-0.25, -0.2) is 9.97 Å². The molecule has 27 heavy (non-hydrogen) atoms. The number of nitrogens with one attached hydrogen (secondary N) is 2. The van der Waals surface area contributed by atoms with E-state index < -0.39 is 0 Å². The van der Waals surface area contributed by atoms with E-state index in [0.717, 1.165) is 69.5 Å². The van der Waals surface area contributed by atoms with E-state index >= 15 is 0 Å². The summed E-state index contributed by atoms with van der Waals surface area (Å²) in [5.74, 6) is 2.71. The second kappa shape index (κ2) is 11.8. The lowest BCUT2D eigenvalue weighted by molar-refractivity contribution is 0.456. The molecule has 7 nitrogen and oxygen atoms in total. The van der Waals surface area contributed by atoms with Crippen molar-refractivity contribution in [3.05, 3.63) is 42.6 Å². The standard InChI is InChI=1S/C19H28N6O.HI/c1-2-9-20-18(21-12-6-17-5-3-15-26-17)24-16-7-13-25(14-8-16)19-22-10-4-11-23-19;/h3-5,10-11,15-16H,2,6-9,12-14H2,1H3,(H2,20,21,24);1H. The van der Waals surface area contributed by atoms with Gasteiger partial charge in [-0.2, -0.15) is 0 Å². The van der Waals surface area contributed by atoms with E-state index in [0.29, 0.717) is 6.04 Å². The molecule has 148 valence electrons. The second-order valence-electron chi connectivity index (χ2n) is 6.44. The molecule has 0 radical (unpaired) electrons. The van der Waals surface area contributed by atoms with Gasteiger partial charge in [-0.15, -0.1) is 24.0 Å². The summed E-state index contributed by atoms with van der Waals surface area (Å²) in [4.78, 5) is 15.6. The van der Waals surface area contributed by atoms with Crippen LogP contribution in [-0.4, -0.2) is 48.1 Å². The maximum absolute atomic E-state index is 5.38. The van der Waals surface area contributed by atoms with Crippen LogP contribution in [0.2, 0.25) is 0 Å². The van der Waals surface area contributed by atoms with Gasteiger partial charge in [0.05, 0.1) is 6.26 Å². The van der Waals surface area contributed by atoms with E-state index in [4.69, 9.17) is 4.42 Å². The molecule has 0 bridgehead atoms. The molecule has 1 saturated heterocycles. The molecule has 8 heteroatoms. The Morgan fingerprint density at radius 3 is 2.70 bits per heavy atom. The van der Waals surface area contributed by atoms with Gasteiger partial charge in [0.25, 0.3) is 0 Å². The van der Waals surface area contributed by atoms with Gasteiger partial charge in [0.2, 0.25) is 5.95 Å². The van der Waals surface area contributed by atoms with E-state index in [9.17, 15) is 0 Å². The van der Waals surface area contributed by atoms with Crippen molar-refractivity contribution >= 4 is 35.9 Å². The third kappa shape index (κ3) is 7.00. The topological polar surface area (TPSA) is 78.6 Å². The van der Waals surface area contributed by atoms with Crippen LogP contribution in [0.1, 0.15) is 31.9 Å². The largest absolute Gasteiger partial charge is 0.469 e. The first-order valence-corrected chi connectivity index (χ1v) is 9.44. The van der Waals surface area contributed by atoms with Gasteiger partial charge in [0.15, 0.2) is 5.96 Å². The quantitative estimate of drug-likeness (QED) is 0.358. The van der Waals surface area contributed by atoms with Crippen LogP contribution in [0.3, 0.4) is 0 Å². The van der Waals surface area contributed by atoms with Crippen molar-refractivity contribution in [2.45, 2.75) is 38.6 Å². The molecule has 0 atom stereocenters. The Balaban J connectivity index is 0.00000261. The fraction of sp³-hybridized carbons (Fsp3) is 0.526. The molecule has 1 aliphatic rings. The molecule has 0 amide bonds. The van der Waals surface area contributed by atoms with Gasteiger partial charge in [-0.3, -0.25) is 4.99 Å². The minimum Gasteiger partial charge on any atom is -0.469 e. The summed E-state index contributed by atoms with van der Waals surface area (Å²) < 4.78 is 5.38. The van der Waals surface area contributed by atoms with Crippen LogP contribution in [0, 0.1) is 0 Å². The Morgan fingerprint density at radius 2 is 2.04 bits per heavy atom. The van der Waals surface area contributed by atoms with Crippen molar-refractivity contribution in [3.63, 3.8) is 0 Å². The van der Waals surface area contributed by atoms with E-state index in [1.54, 1.807) is 18.7 Å². The fourth-order valence-corrected chi connectivity index (χ4v) is 3.01. The summed E-state index contributed by atoms with van der Waals surface area (Å²) in [5.41, 5.74) is 0. The van der Waals surface area contributed by atoms with Crippen molar-refractivity contribution < 1.29 is 4.42 Å². The molecule has 2 N–H and O–H groups in total. The summed E-state index contributed by atoms with van der Waals surface area (Å²) in [6, 6.07) is 6.19. The fourth-order valence-electron chi connectivity index (χ4n) is 3.01. The van der Waals surface area contributed by atoms with E-state index in [2.05, 4.69) is 37.4 Å². The highest BCUT2D eigenvalue weighted by atomic mass is 127. The van der Waals surface area contributed by atoms with Gasteiger partial charge in [0.1, 0.15) is 5.76 Å². The third-order valence-electron chi connectivity index (χ3n) is 4.41. The summed E-state index contributed by atoms with van der Waals surface area (Å²) in [5, 5.41) is 7.01. The van der Waals surface area contributed by atoms with Crippen LogP contribution in [0.4, 0.5) is 5.95 Å². The Labute approximate surface area is 178 Å². The molecular weight excluding hydrogens is 455 g/mol. The van der Waals surface area contributed by atoms with E-state index in [1.807, 2.05) is 18.2 Å². The van der Waals surface area contributed by atoms with E-state index in [-0.39, 0.29) is 24.0 Å². The molecule has 0 aromatic carbocycles. The van der Waals surface area contributed by atoms with Gasteiger partial charge < -0.3 is 20.0 Å². The molecule has 2 aromatic heterocycles. The molecule has 1 fully saturated rings. The zero-order chi connectivity index (χ0) is 18.0. The maximum Gasteiger partial charge on any atom is 0.225 e. The highest BCUT2D eigenvalue weighted by molar-refractivity contribution is 14.0. The summed E-state index contributed by atoms with van der Waals surface area (Å²) in [6.07, 6.45) is 9.28. The number of nitrogens with zero attached hydrogens (tertiary/aromatic N) is 4. The van der Waals surface area contributed by atoms with Crippen LogP contribution < -0.4 is 15.5 Å². The van der Waals surface area contributed by atoms with Crippen molar-refractivity contribution in [3.8, 4) is 0 Å². The number of piperidine rings is 1. The maximum atomic E-state index is 5.38. The normalized spacial score (nSPS) is 15.3. The summed E-state index contributed by atoms with van der Waals surface area (Å²) >= 11 is 0. The lowest BCUT2D eigenvalue weighted by Gasteiger charge is -2.33. The van der Waals surface area contributed by atoms with Gasteiger partial charge in [0, 0.05) is 51.0 Å². The van der Waals surface area contributed by atoms with Crippen LogP contribution in [0.5, 0.6) is 0 Å². The van der Waals surface area contributed by atoms with Crippen molar-refractivity contribution in [1.29, 1.82) is 0 Å². The van der Waals surface area contributed by atoms with Gasteiger partial charge in [-0.1, -0.05) is 6.92 Å². The Kier molecular flexibility index (Phi) is 9.37. The van der Waals surface area contributed by atoms with E-state index in [1.165, 1.54) is 0 Å². The molecule has 3 rings (SSSR count). The van der Waals surface area contributed by atoms with Gasteiger partial charge >= 0.3 is 0 Å². The highest BCUT2D eigenvalue weighted by Gasteiger charge is 2.21. The third-order valence-corrected chi connectivity index (χ3v) is 4.41. The lowest BCUT2D eigenvalue weighted by atomic mass is 10.1. The average molecular weight is 484 g/mol. The first-order valence-electron chi connectivity index (χ1n) is 9.44. The molecule has 2 aromatic rings. The predicted molar refractivity (Wildman–Crippen MR) is 119 cm³/mol. The smallest absolute Gasteiger partial charge is 0.225 e. The number of rotatable bonds is 7. The predicted octanol–water partition coefficient (Wildman–Crippen LogP) is 2.84. The van der Waals surface area contributed by atoms with Gasteiger partial charge in [-0.05, 0) is 37.5 Å². The molecule has 0 unspecified atom stereocenters. The number of anilines is 1. The Hall–Kier alpha value is -1.84. The number of furan rings is 1. The molecule has 1 aliphatic heterocycles. The molecule has 0 aliphatic carbocycles. The first-order chi connectivity index (χ1) is 12.8. The molecule has 0 saturated carbocycles. The van der Waals surface area contributed by atoms with Crippen LogP contribution in [0.25, 0.3) is 0 Å². The number of aliphatic imine (C=N–C) groups is 1. The van der Waals surface area contributed by atoms with Crippen LogP contribution in [-0.2, 0) is 6.42 Å². The zero-order valence-corrected chi connectivity index (χ0v) is 18.1. The zero-order valence-electron chi connectivity index (χ0n) is 15.8. The minimum absolute atomic E-state index is 0. The number of halogens is 1. The lowest BCUT2D eigenvalue weighted by Crippen LogP contribution is -2.49. The van der Waals surface area contributed by atoms with Crippen molar-refractivity contribution in [2.24, 2.45) is 4.99 Å². The minimum atomic E-state index is 0. The molecule has 3 heterocycles. The van der Waals surface area contributed by atoms with Crippen molar-refractivity contribution in [2.75, 3.05) is 31.1 Å². The monoisotopic (exact) mass is 484 g/mol. The molecular formula is C19H29IN6O.